The summed E-state index contributed by atoms with van der Waals surface area (Å²) in [6, 6.07) is 9.03. The number of methoxy groups -OCH3 is 1. The van der Waals surface area contributed by atoms with Crippen molar-refractivity contribution in [2.45, 2.75) is 57.6 Å². The van der Waals surface area contributed by atoms with Crippen LogP contribution in [0.2, 0.25) is 0 Å². The predicted molar refractivity (Wildman–Crippen MR) is 101 cm³/mol. The van der Waals surface area contributed by atoms with Gasteiger partial charge in [-0.3, -0.25) is 4.79 Å². The van der Waals surface area contributed by atoms with Crippen molar-refractivity contribution in [3.05, 3.63) is 35.4 Å². The van der Waals surface area contributed by atoms with E-state index in [1.807, 2.05) is 7.11 Å². The third kappa shape index (κ3) is 4.83. The van der Waals surface area contributed by atoms with Gasteiger partial charge < -0.3 is 14.5 Å². The van der Waals surface area contributed by atoms with Crippen LogP contribution in [0, 0.1) is 6.92 Å². The Kier molecular flexibility index (Phi) is 6.49. The molecule has 2 aliphatic heterocycles. The zero-order valence-electron chi connectivity index (χ0n) is 15.7. The van der Waals surface area contributed by atoms with Crippen LogP contribution in [0.4, 0.5) is 0 Å². The van der Waals surface area contributed by atoms with Gasteiger partial charge in [-0.2, -0.15) is 0 Å². The van der Waals surface area contributed by atoms with Crippen LogP contribution in [0.25, 0.3) is 0 Å². The smallest absolute Gasteiger partial charge is 0.222 e. The second kappa shape index (κ2) is 8.81. The number of ether oxygens (including phenoxy) is 1. The summed E-state index contributed by atoms with van der Waals surface area (Å²) in [6.07, 6.45) is 6.46. The van der Waals surface area contributed by atoms with E-state index in [1.165, 1.54) is 11.1 Å². The molecule has 25 heavy (non-hydrogen) atoms. The van der Waals surface area contributed by atoms with Crippen molar-refractivity contribution in [1.29, 1.82) is 0 Å². The zero-order valence-corrected chi connectivity index (χ0v) is 15.7. The first kappa shape index (κ1) is 18.4. The minimum atomic E-state index is 0.319. The van der Waals surface area contributed by atoms with Crippen molar-refractivity contribution >= 4 is 5.91 Å². The Hall–Kier alpha value is -1.39. The number of likely N-dealkylation sites (tertiary alicyclic amines) is 2. The van der Waals surface area contributed by atoms with Gasteiger partial charge in [0.25, 0.3) is 0 Å². The molecule has 1 aromatic rings. The lowest BCUT2D eigenvalue weighted by atomic mass is 9.98. The number of aryl methyl sites for hydroxylation is 2. The number of hydrogen-bond donors (Lipinski definition) is 0. The molecular formula is C21H32N2O2. The molecule has 1 amide bonds. The van der Waals surface area contributed by atoms with Crippen molar-refractivity contribution in [1.82, 2.24) is 9.80 Å². The number of carbonyl (C=O) groups excluding carboxylic acids is 1. The van der Waals surface area contributed by atoms with Crippen LogP contribution in [0.1, 0.15) is 43.2 Å². The Morgan fingerprint density at radius 1 is 1.08 bits per heavy atom. The van der Waals surface area contributed by atoms with Crippen molar-refractivity contribution < 1.29 is 9.53 Å². The van der Waals surface area contributed by atoms with E-state index in [9.17, 15) is 4.79 Å². The highest BCUT2D eigenvalue weighted by molar-refractivity contribution is 5.76. The summed E-state index contributed by atoms with van der Waals surface area (Å²) < 4.78 is 5.47. The fraction of sp³-hybridized carbons (Fsp3) is 0.667. The first-order valence-corrected chi connectivity index (χ1v) is 9.76. The molecule has 0 spiro atoms. The predicted octanol–water partition coefficient (Wildman–Crippen LogP) is 3.03. The van der Waals surface area contributed by atoms with Gasteiger partial charge in [0.2, 0.25) is 5.91 Å². The molecule has 1 aromatic carbocycles. The van der Waals surface area contributed by atoms with E-state index >= 15 is 0 Å². The molecule has 0 unspecified atom stereocenters. The second-order valence-electron chi connectivity index (χ2n) is 7.51. The molecule has 2 saturated heterocycles. The molecule has 0 bridgehead atoms. The SMILES string of the molecule is COC1CCN(C2CCN(C(=O)CCc3ccccc3C)CC2)CC1. The summed E-state index contributed by atoms with van der Waals surface area (Å²) in [6.45, 7) is 6.25. The molecule has 138 valence electrons. The van der Waals surface area contributed by atoms with Crippen molar-refractivity contribution in [3.63, 3.8) is 0 Å². The summed E-state index contributed by atoms with van der Waals surface area (Å²) in [5.41, 5.74) is 2.58. The number of hydrogen-bond acceptors (Lipinski definition) is 3. The van der Waals surface area contributed by atoms with E-state index in [0.29, 0.717) is 24.5 Å². The second-order valence-corrected chi connectivity index (χ2v) is 7.51. The van der Waals surface area contributed by atoms with Gasteiger partial charge >= 0.3 is 0 Å². The maximum atomic E-state index is 12.5. The minimum Gasteiger partial charge on any atom is -0.381 e. The number of rotatable bonds is 5. The Morgan fingerprint density at radius 2 is 1.76 bits per heavy atom. The number of amides is 1. The van der Waals surface area contributed by atoms with Crippen molar-refractivity contribution in [2.24, 2.45) is 0 Å². The van der Waals surface area contributed by atoms with E-state index in [2.05, 4.69) is 41.0 Å². The highest BCUT2D eigenvalue weighted by Crippen LogP contribution is 2.22. The molecule has 2 heterocycles. The van der Waals surface area contributed by atoms with E-state index < -0.39 is 0 Å². The van der Waals surface area contributed by atoms with E-state index in [1.54, 1.807) is 0 Å². The van der Waals surface area contributed by atoms with Crippen LogP contribution in [0.5, 0.6) is 0 Å². The lowest BCUT2D eigenvalue weighted by Crippen LogP contribution is -2.49. The Balaban J connectivity index is 1.41. The molecule has 0 aliphatic carbocycles. The van der Waals surface area contributed by atoms with Crippen molar-refractivity contribution in [2.75, 3.05) is 33.3 Å². The summed E-state index contributed by atoms with van der Waals surface area (Å²) in [7, 11) is 1.82. The van der Waals surface area contributed by atoms with E-state index in [0.717, 1.165) is 58.3 Å². The van der Waals surface area contributed by atoms with Gasteiger partial charge in [-0.05, 0) is 50.2 Å². The van der Waals surface area contributed by atoms with Crippen LogP contribution >= 0.6 is 0 Å². The number of carbonyl (C=O) groups is 1. The zero-order chi connectivity index (χ0) is 17.6. The van der Waals surface area contributed by atoms with Gasteiger partial charge in [0.05, 0.1) is 6.10 Å². The summed E-state index contributed by atoms with van der Waals surface area (Å²) in [4.78, 5) is 17.2. The lowest BCUT2D eigenvalue weighted by Gasteiger charge is -2.41. The normalized spacial score (nSPS) is 20.8. The molecule has 0 aromatic heterocycles. The van der Waals surface area contributed by atoms with Gasteiger partial charge in [-0.15, -0.1) is 0 Å². The Morgan fingerprint density at radius 3 is 2.40 bits per heavy atom. The molecule has 3 rings (SSSR count). The molecule has 0 N–H and O–H groups in total. The Labute approximate surface area is 152 Å². The van der Waals surface area contributed by atoms with E-state index in [4.69, 9.17) is 4.74 Å². The number of nitrogens with zero attached hydrogens (tertiary/aromatic N) is 2. The van der Waals surface area contributed by atoms with Crippen LogP contribution in [-0.2, 0) is 16.0 Å². The fourth-order valence-corrected chi connectivity index (χ4v) is 4.25. The largest absolute Gasteiger partial charge is 0.381 e. The monoisotopic (exact) mass is 344 g/mol. The maximum Gasteiger partial charge on any atom is 0.222 e. The Bertz CT molecular complexity index is 559. The quantitative estimate of drug-likeness (QED) is 0.823. The summed E-state index contributed by atoms with van der Waals surface area (Å²) >= 11 is 0. The topological polar surface area (TPSA) is 32.8 Å². The van der Waals surface area contributed by atoms with Crippen LogP contribution < -0.4 is 0 Å². The summed E-state index contributed by atoms with van der Waals surface area (Å²) in [5, 5.41) is 0. The molecule has 0 radical (unpaired) electrons. The molecule has 0 saturated carbocycles. The van der Waals surface area contributed by atoms with Gasteiger partial charge in [0.15, 0.2) is 0 Å². The standard InChI is InChI=1S/C21H32N2O2/c1-17-5-3-4-6-18(17)7-8-21(24)23-13-9-19(10-14-23)22-15-11-20(25-2)12-16-22/h3-6,19-20H,7-16H2,1-2H3. The van der Waals surface area contributed by atoms with Gasteiger partial charge in [0.1, 0.15) is 0 Å². The van der Waals surface area contributed by atoms with E-state index in [-0.39, 0.29) is 0 Å². The van der Waals surface area contributed by atoms with Crippen molar-refractivity contribution in [3.8, 4) is 0 Å². The molecule has 4 nitrogen and oxygen atoms in total. The molecule has 0 atom stereocenters. The highest BCUT2D eigenvalue weighted by Gasteiger charge is 2.29. The van der Waals surface area contributed by atoms with Crippen LogP contribution in [0.3, 0.4) is 0 Å². The van der Waals surface area contributed by atoms with Gasteiger partial charge in [-0.25, -0.2) is 0 Å². The third-order valence-electron chi connectivity index (χ3n) is 6.01. The number of piperidine rings is 2. The molecule has 2 fully saturated rings. The van der Waals surface area contributed by atoms with Crippen LogP contribution in [0.15, 0.2) is 24.3 Å². The summed E-state index contributed by atoms with van der Waals surface area (Å²) in [5.74, 6) is 0.319. The van der Waals surface area contributed by atoms with Crippen LogP contribution in [-0.4, -0.2) is 61.1 Å². The fourth-order valence-electron chi connectivity index (χ4n) is 4.25. The lowest BCUT2D eigenvalue weighted by molar-refractivity contribution is -0.132. The molecule has 2 aliphatic rings. The number of benzene rings is 1. The first-order chi connectivity index (χ1) is 12.2. The first-order valence-electron chi connectivity index (χ1n) is 9.76. The van der Waals surface area contributed by atoms with Gasteiger partial charge in [-0.1, -0.05) is 24.3 Å². The highest BCUT2D eigenvalue weighted by atomic mass is 16.5. The molecular weight excluding hydrogens is 312 g/mol. The minimum absolute atomic E-state index is 0.319. The van der Waals surface area contributed by atoms with Gasteiger partial charge in [0, 0.05) is 45.8 Å². The average Bonchev–Trinajstić information content (AvgIpc) is 2.67. The molecule has 4 heteroatoms. The average molecular weight is 344 g/mol. The maximum absolute atomic E-state index is 12.5. The third-order valence-corrected chi connectivity index (χ3v) is 6.01.